The molecular weight excluding hydrogens is 266 g/mol. The van der Waals surface area contributed by atoms with Crippen LogP contribution >= 0.6 is 0 Å². The number of nitrogens with zero attached hydrogens (tertiary/aromatic N) is 1. The van der Waals surface area contributed by atoms with Crippen LogP contribution in [0.25, 0.3) is 11.5 Å². The Balaban J connectivity index is 2.31. The molecule has 0 atom stereocenters. The molecule has 1 aromatic carbocycles. The highest BCUT2D eigenvalue weighted by Gasteiger charge is 2.20. The topological polar surface area (TPSA) is 52.3 Å². The fraction of sp³-hybridized carbons (Fsp3) is 0.412. The van der Waals surface area contributed by atoms with Crippen LogP contribution in [0, 0.1) is 6.92 Å². The van der Waals surface area contributed by atoms with E-state index in [9.17, 15) is 4.79 Å². The number of oxazole rings is 1. The lowest BCUT2D eigenvalue weighted by molar-refractivity contribution is 0.0490. The van der Waals surface area contributed by atoms with Crippen molar-refractivity contribution < 1.29 is 13.9 Å². The van der Waals surface area contributed by atoms with E-state index in [0.717, 1.165) is 5.56 Å². The van der Waals surface area contributed by atoms with Crippen LogP contribution in [0.2, 0.25) is 0 Å². The van der Waals surface area contributed by atoms with Gasteiger partial charge in [-0.05, 0) is 37.0 Å². The summed E-state index contributed by atoms with van der Waals surface area (Å²) in [6, 6.07) is 8.03. The molecule has 0 saturated carbocycles. The number of esters is 1. The maximum absolute atomic E-state index is 11.7. The second-order valence-corrected chi connectivity index (χ2v) is 5.98. The van der Waals surface area contributed by atoms with E-state index in [4.69, 9.17) is 9.15 Å². The van der Waals surface area contributed by atoms with Gasteiger partial charge in [-0.3, -0.25) is 0 Å². The summed E-state index contributed by atoms with van der Waals surface area (Å²) >= 11 is 0. The molecule has 4 heteroatoms. The maximum Gasteiger partial charge on any atom is 0.376 e. The van der Waals surface area contributed by atoms with Crippen LogP contribution in [-0.2, 0) is 10.2 Å². The van der Waals surface area contributed by atoms with E-state index in [1.54, 1.807) is 13.8 Å². The lowest BCUT2D eigenvalue weighted by atomic mass is 9.87. The van der Waals surface area contributed by atoms with Crippen molar-refractivity contribution in [3.63, 3.8) is 0 Å². The third-order valence-electron chi connectivity index (χ3n) is 3.26. The highest BCUT2D eigenvalue weighted by molar-refractivity contribution is 5.87. The van der Waals surface area contributed by atoms with E-state index >= 15 is 0 Å². The second kappa shape index (κ2) is 5.72. The largest absolute Gasteiger partial charge is 0.460 e. The predicted molar refractivity (Wildman–Crippen MR) is 81.3 cm³/mol. The van der Waals surface area contributed by atoms with E-state index in [2.05, 4.69) is 37.9 Å². The fourth-order valence-electron chi connectivity index (χ4n) is 2.02. The van der Waals surface area contributed by atoms with Crippen LogP contribution in [0.15, 0.2) is 28.7 Å². The van der Waals surface area contributed by atoms with Crippen LogP contribution in [0.3, 0.4) is 0 Å². The molecule has 0 aliphatic carbocycles. The summed E-state index contributed by atoms with van der Waals surface area (Å²) < 4.78 is 10.5. The molecule has 2 rings (SSSR count). The van der Waals surface area contributed by atoms with Gasteiger partial charge in [0.25, 0.3) is 0 Å². The number of hydrogen-bond donors (Lipinski definition) is 0. The average Bonchev–Trinajstić information content (AvgIpc) is 2.80. The van der Waals surface area contributed by atoms with E-state index in [-0.39, 0.29) is 11.2 Å². The molecule has 0 fully saturated rings. The van der Waals surface area contributed by atoms with Gasteiger partial charge in [0, 0.05) is 5.56 Å². The predicted octanol–water partition coefficient (Wildman–Crippen LogP) is 4.12. The van der Waals surface area contributed by atoms with Crippen LogP contribution in [0.4, 0.5) is 0 Å². The molecule has 112 valence electrons. The monoisotopic (exact) mass is 287 g/mol. The Kier molecular flexibility index (Phi) is 4.16. The number of aromatic nitrogens is 1. The minimum Gasteiger partial charge on any atom is -0.460 e. The van der Waals surface area contributed by atoms with E-state index < -0.39 is 5.97 Å². The normalized spacial score (nSPS) is 11.5. The van der Waals surface area contributed by atoms with Gasteiger partial charge in [-0.25, -0.2) is 9.78 Å². The Labute approximate surface area is 125 Å². The smallest absolute Gasteiger partial charge is 0.376 e. The molecule has 0 aliphatic rings. The second-order valence-electron chi connectivity index (χ2n) is 5.98. The molecule has 2 aromatic rings. The van der Waals surface area contributed by atoms with Gasteiger partial charge in [0.05, 0.1) is 12.3 Å². The third-order valence-corrected chi connectivity index (χ3v) is 3.26. The van der Waals surface area contributed by atoms with Gasteiger partial charge >= 0.3 is 5.97 Å². The third kappa shape index (κ3) is 3.32. The summed E-state index contributed by atoms with van der Waals surface area (Å²) in [6.45, 7) is 10.3. The fourth-order valence-corrected chi connectivity index (χ4v) is 2.02. The Morgan fingerprint density at radius 1 is 1.24 bits per heavy atom. The van der Waals surface area contributed by atoms with Crippen molar-refractivity contribution in [2.45, 2.75) is 40.0 Å². The molecule has 1 heterocycles. The minimum atomic E-state index is -0.472. The van der Waals surface area contributed by atoms with E-state index in [0.29, 0.717) is 18.2 Å². The number of benzene rings is 1. The van der Waals surface area contributed by atoms with Gasteiger partial charge < -0.3 is 9.15 Å². The first-order valence-corrected chi connectivity index (χ1v) is 7.08. The number of carbonyl (C=O) groups excluding carboxylic acids is 1. The van der Waals surface area contributed by atoms with Crippen molar-refractivity contribution >= 4 is 5.97 Å². The quantitative estimate of drug-likeness (QED) is 0.797. The molecule has 1 aromatic heterocycles. The summed E-state index contributed by atoms with van der Waals surface area (Å²) in [4.78, 5) is 16.0. The summed E-state index contributed by atoms with van der Waals surface area (Å²) in [5.74, 6) is 0.142. The molecule has 0 spiro atoms. The van der Waals surface area contributed by atoms with Crippen LogP contribution in [-0.4, -0.2) is 17.6 Å². The first-order chi connectivity index (χ1) is 9.82. The SMILES string of the molecule is CCOC(=O)c1oc(-c2ccc(C(C)(C)C)cc2)nc1C. The molecule has 0 unspecified atom stereocenters. The standard InChI is InChI=1S/C17H21NO3/c1-6-20-16(19)14-11(2)18-15(21-14)12-7-9-13(10-8-12)17(3,4)5/h7-10H,6H2,1-5H3. The molecule has 0 radical (unpaired) electrons. The molecule has 0 amide bonds. The summed E-state index contributed by atoms with van der Waals surface area (Å²) in [5.41, 5.74) is 2.73. The zero-order valence-corrected chi connectivity index (χ0v) is 13.2. The summed E-state index contributed by atoms with van der Waals surface area (Å²) in [6.07, 6.45) is 0. The zero-order valence-electron chi connectivity index (χ0n) is 13.2. The maximum atomic E-state index is 11.7. The lowest BCUT2D eigenvalue weighted by Gasteiger charge is -2.18. The first kappa shape index (κ1) is 15.3. The Hall–Kier alpha value is -2.10. The van der Waals surface area contributed by atoms with Crippen LogP contribution in [0.1, 0.15) is 49.5 Å². The van der Waals surface area contributed by atoms with Crippen molar-refractivity contribution in [3.8, 4) is 11.5 Å². The Morgan fingerprint density at radius 3 is 2.38 bits per heavy atom. The number of rotatable bonds is 3. The molecule has 0 N–H and O–H groups in total. The van der Waals surface area contributed by atoms with Gasteiger partial charge in [-0.1, -0.05) is 32.9 Å². The Morgan fingerprint density at radius 2 is 1.86 bits per heavy atom. The van der Waals surface area contributed by atoms with Crippen molar-refractivity contribution in [2.24, 2.45) is 0 Å². The van der Waals surface area contributed by atoms with Gasteiger partial charge in [0.15, 0.2) is 0 Å². The van der Waals surface area contributed by atoms with Gasteiger partial charge in [0.1, 0.15) is 0 Å². The van der Waals surface area contributed by atoms with Crippen molar-refractivity contribution in [1.82, 2.24) is 4.98 Å². The Bertz CT molecular complexity index is 633. The van der Waals surface area contributed by atoms with Crippen LogP contribution in [0.5, 0.6) is 0 Å². The lowest BCUT2D eigenvalue weighted by Crippen LogP contribution is -2.10. The van der Waals surface area contributed by atoms with Crippen molar-refractivity contribution in [1.29, 1.82) is 0 Å². The summed E-state index contributed by atoms with van der Waals surface area (Å²) in [7, 11) is 0. The molecule has 21 heavy (non-hydrogen) atoms. The number of aryl methyl sites for hydroxylation is 1. The molecular formula is C17H21NO3. The van der Waals surface area contributed by atoms with Gasteiger partial charge in [-0.15, -0.1) is 0 Å². The minimum absolute atomic E-state index is 0.0983. The van der Waals surface area contributed by atoms with Gasteiger partial charge in [-0.2, -0.15) is 0 Å². The molecule has 0 saturated heterocycles. The van der Waals surface area contributed by atoms with Crippen LogP contribution < -0.4 is 0 Å². The number of carbonyl (C=O) groups is 1. The van der Waals surface area contributed by atoms with Crippen molar-refractivity contribution in [2.75, 3.05) is 6.61 Å². The first-order valence-electron chi connectivity index (χ1n) is 7.08. The highest BCUT2D eigenvalue weighted by Crippen LogP contribution is 2.27. The van der Waals surface area contributed by atoms with Crippen molar-refractivity contribution in [3.05, 3.63) is 41.3 Å². The number of hydrogen-bond acceptors (Lipinski definition) is 4. The molecule has 4 nitrogen and oxygen atoms in total. The molecule has 0 bridgehead atoms. The van der Waals surface area contributed by atoms with E-state index in [1.165, 1.54) is 5.56 Å². The zero-order chi connectivity index (χ0) is 15.6. The van der Waals surface area contributed by atoms with Gasteiger partial charge in [0.2, 0.25) is 11.7 Å². The summed E-state index contributed by atoms with van der Waals surface area (Å²) in [5, 5.41) is 0. The average molecular weight is 287 g/mol. The van der Waals surface area contributed by atoms with E-state index in [1.807, 2.05) is 12.1 Å². The molecule has 0 aliphatic heterocycles. The highest BCUT2D eigenvalue weighted by atomic mass is 16.5. The number of ether oxygens (including phenoxy) is 1.